The Balaban J connectivity index is -0.0000000980. The topological polar surface area (TPSA) is 186 Å². The van der Waals surface area contributed by atoms with Crippen LogP contribution >= 0.6 is 0 Å². The van der Waals surface area contributed by atoms with Gasteiger partial charge in [-0.2, -0.15) is 0 Å². The van der Waals surface area contributed by atoms with Crippen LogP contribution in [0.4, 0.5) is 0 Å². The first-order chi connectivity index (χ1) is 7.44. The molecule has 0 unspecified atom stereocenters. The molecule has 2 N–H and O–H groups in total. The van der Waals surface area contributed by atoms with Gasteiger partial charge in [0.15, 0.2) is 0 Å². The number of hydrogen-bond donors (Lipinski definition) is 0. The van der Waals surface area contributed by atoms with Gasteiger partial charge in [-0.15, -0.1) is 0 Å². The first-order valence-electron chi connectivity index (χ1n) is 3.52. The van der Waals surface area contributed by atoms with E-state index in [0.717, 1.165) is 0 Å². The molecule has 0 amide bonds. The van der Waals surface area contributed by atoms with E-state index in [4.69, 9.17) is 0 Å². The minimum atomic E-state index is -1.69. The van der Waals surface area contributed by atoms with Gasteiger partial charge < -0.3 is 5.48 Å². The number of aldehydes is 4. The molecule has 11 nitrogen and oxygen atoms in total. The summed E-state index contributed by atoms with van der Waals surface area (Å²) >= 11 is 0. The van der Waals surface area contributed by atoms with Crippen molar-refractivity contribution in [2.45, 2.75) is 12.1 Å². The third kappa shape index (κ3) is 12.5. The molecule has 0 bridgehead atoms. The molecule has 0 aliphatic carbocycles. The summed E-state index contributed by atoms with van der Waals surface area (Å²) in [5, 5.41) is 19.0. The van der Waals surface area contributed by atoms with Gasteiger partial charge in [-0.1, -0.05) is 0 Å². The summed E-state index contributed by atoms with van der Waals surface area (Å²) in [6.45, 7) is 0. The molecule has 0 aliphatic heterocycles. The Morgan fingerprint density at radius 1 is 0.722 bits per heavy atom. The van der Waals surface area contributed by atoms with E-state index in [1.54, 1.807) is 0 Å². The summed E-state index contributed by atoms with van der Waals surface area (Å²) in [6.07, 6.45) is -0.0833. The molecule has 0 rings (SSSR count). The molecule has 0 aliphatic rings. The summed E-state index contributed by atoms with van der Waals surface area (Å²) in [6, 6.07) is -3.37. The fraction of sp³-hybridized carbons (Fsp3) is 0.333. The average molecular weight is 275 g/mol. The summed E-state index contributed by atoms with van der Waals surface area (Å²) in [5.41, 5.74) is 0. The Kier molecular flexibility index (Phi) is 21.7. The van der Waals surface area contributed by atoms with Gasteiger partial charge in [0.2, 0.25) is 25.1 Å². The largest absolute Gasteiger partial charge is 1.00 e. The van der Waals surface area contributed by atoms with Crippen LogP contribution in [-0.4, -0.2) is 52.6 Å². The molecular formula is C6H8N2NaO9+. The molecule has 0 spiro atoms. The van der Waals surface area contributed by atoms with Crippen molar-refractivity contribution in [3.05, 3.63) is 20.2 Å². The Bertz CT molecular complexity index is 261. The molecule has 0 fully saturated rings. The zero-order chi connectivity index (χ0) is 13.1. The maximum Gasteiger partial charge on any atom is 1.00 e. The van der Waals surface area contributed by atoms with Crippen LogP contribution in [-0.2, 0) is 19.2 Å². The van der Waals surface area contributed by atoms with Crippen molar-refractivity contribution >= 4 is 25.1 Å². The Morgan fingerprint density at radius 3 is 0.889 bits per heavy atom. The molecule has 0 aromatic heterocycles. The third-order valence-corrected chi connectivity index (χ3v) is 1.04. The standard InChI is InChI=1S/2C3H3NO4.Na.H2O/c2*5-1-3(2-6)4(7)8;;/h2*1-3H;;1H2/q;;+1;. The maximum absolute atomic E-state index is 9.50. The summed E-state index contributed by atoms with van der Waals surface area (Å²) in [5.74, 6) is 0. The van der Waals surface area contributed by atoms with E-state index in [1.807, 2.05) is 0 Å². The fourth-order valence-electron chi connectivity index (χ4n) is 0.263. The summed E-state index contributed by atoms with van der Waals surface area (Å²) in [4.78, 5) is 55.1. The van der Waals surface area contributed by atoms with Crippen LogP contribution in [0.1, 0.15) is 0 Å². The molecule has 0 saturated carbocycles. The van der Waals surface area contributed by atoms with E-state index in [2.05, 4.69) is 0 Å². The first-order valence-corrected chi connectivity index (χ1v) is 3.52. The number of rotatable bonds is 6. The first kappa shape index (κ1) is 25.3. The SMILES string of the molecule is O.O=CC(C=O)[N+](=O)[O-].O=CC(C=O)[N+](=O)[O-].[Na+]. The molecule has 0 radical (unpaired) electrons. The van der Waals surface area contributed by atoms with E-state index >= 15 is 0 Å². The Hall–Kier alpha value is -1.56. The van der Waals surface area contributed by atoms with Crippen LogP contribution in [0.25, 0.3) is 0 Å². The normalized spacial score (nSPS) is 7.67. The molecule has 0 atom stereocenters. The van der Waals surface area contributed by atoms with Gasteiger partial charge in [-0.3, -0.25) is 39.4 Å². The average Bonchev–Trinajstić information content (AvgIpc) is 2.21. The van der Waals surface area contributed by atoms with Crippen LogP contribution in [0.3, 0.4) is 0 Å². The van der Waals surface area contributed by atoms with E-state index in [0.29, 0.717) is 0 Å². The monoisotopic (exact) mass is 275 g/mol. The van der Waals surface area contributed by atoms with Crippen molar-refractivity contribution < 1.29 is 64.1 Å². The smallest absolute Gasteiger partial charge is 0.412 e. The van der Waals surface area contributed by atoms with Crippen molar-refractivity contribution in [1.29, 1.82) is 0 Å². The second-order valence-corrected chi connectivity index (χ2v) is 2.10. The predicted octanol–water partition coefficient (Wildman–Crippen LogP) is -5.76. The molecule has 18 heavy (non-hydrogen) atoms. The molecule has 12 heteroatoms. The summed E-state index contributed by atoms with van der Waals surface area (Å²) < 4.78 is 0. The quantitative estimate of drug-likeness (QED) is 0.151. The minimum Gasteiger partial charge on any atom is -0.412 e. The van der Waals surface area contributed by atoms with Crippen molar-refractivity contribution in [2.75, 3.05) is 0 Å². The van der Waals surface area contributed by atoms with Crippen molar-refractivity contribution in [1.82, 2.24) is 0 Å². The van der Waals surface area contributed by atoms with Crippen LogP contribution < -0.4 is 29.6 Å². The Morgan fingerprint density at radius 2 is 0.889 bits per heavy atom. The van der Waals surface area contributed by atoms with Crippen LogP contribution in [0.5, 0.6) is 0 Å². The number of nitrogens with zero attached hydrogens (tertiary/aromatic N) is 2. The number of carbonyl (C=O) groups is 4. The molecule has 0 heterocycles. The van der Waals surface area contributed by atoms with E-state index < -0.39 is 21.9 Å². The second-order valence-electron chi connectivity index (χ2n) is 2.10. The van der Waals surface area contributed by atoms with Gasteiger partial charge in [-0.25, -0.2) is 0 Å². The van der Waals surface area contributed by atoms with Crippen LogP contribution in [0.15, 0.2) is 0 Å². The van der Waals surface area contributed by atoms with Gasteiger partial charge in [0.1, 0.15) is 0 Å². The van der Waals surface area contributed by atoms with Gasteiger partial charge in [0, 0.05) is 9.85 Å². The molecule has 96 valence electrons. The number of hydrogen-bond acceptors (Lipinski definition) is 8. The van der Waals surface area contributed by atoms with Crippen molar-refractivity contribution in [2.24, 2.45) is 0 Å². The van der Waals surface area contributed by atoms with Gasteiger partial charge >= 0.3 is 41.6 Å². The van der Waals surface area contributed by atoms with Crippen LogP contribution in [0, 0.1) is 20.2 Å². The van der Waals surface area contributed by atoms with E-state index in [-0.39, 0.29) is 60.2 Å². The van der Waals surface area contributed by atoms with Gasteiger partial charge in [0.25, 0.3) is 0 Å². The predicted molar refractivity (Wildman–Crippen MR) is 49.4 cm³/mol. The molecule has 0 aromatic rings. The Labute approximate surface area is 121 Å². The molecule has 0 saturated heterocycles. The van der Waals surface area contributed by atoms with Gasteiger partial charge in [0.05, 0.1) is 0 Å². The second kappa shape index (κ2) is 15.4. The summed E-state index contributed by atoms with van der Waals surface area (Å²) in [7, 11) is 0. The zero-order valence-corrected chi connectivity index (χ0v) is 11.1. The third-order valence-electron chi connectivity index (χ3n) is 1.04. The van der Waals surface area contributed by atoms with Crippen molar-refractivity contribution in [3.8, 4) is 0 Å². The number of nitro groups is 2. The molecule has 0 aromatic carbocycles. The zero-order valence-electron chi connectivity index (χ0n) is 9.12. The minimum absolute atomic E-state index is 0. The van der Waals surface area contributed by atoms with Crippen molar-refractivity contribution in [3.63, 3.8) is 0 Å². The molecular weight excluding hydrogens is 267 g/mol. The van der Waals surface area contributed by atoms with Gasteiger partial charge in [-0.05, 0) is 0 Å². The van der Waals surface area contributed by atoms with E-state index in [1.165, 1.54) is 0 Å². The number of carbonyl (C=O) groups excluding carboxylic acids is 4. The van der Waals surface area contributed by atoms with E-state index in [9.17, 15) is 39.4 Å². The van der Waals surface area contributed by atoms with Crippen LogP contribution in [0.2, 0.25) is 0 Å². The fourth-order valence-corrected chi connectivity index (χ4v) is 0.263. The maximum atomic E-state index is 9.50.